The zero-order chi connectivity index (χ0) is 12.9. The van der Waals surface area contributed by atoms with Crippen LogP contribution < -0.4 is 0 Å². The van der Waals surface area contributed by atoms with Crippen molar-refractivity contribution in [1.82, 2.24) is 4.98 Å². The molecule has 3 nitrogen and oxygen atoms in total. The van der Waals surface area contributed by atoms with E-state index in [1.807, 2.05) is 54.7 Å². The Hall–Kier alpha value is -2.55. The van der Waals surface area contributed by atoms with E-state index in [-0.39, 0.29) is 0 Å². The molecule has 3 heteroatoms. The van der Waals surface area contributed by atoms with E-state index in [4.69, 9.17) is 4.84 Å². The minimum Gasteiger partial charge on any atom is -0.391 e. The topological polar surface area (TPSA) is 37.4 Å². The Bertz CT molecular complexity index is 686. The molecule has 0 amide bonds. The van der Waals surface area contributed by atoms with Gasteiger partial charge in [-0.05, 0) is 34.7 Å². The molecule has 3 aromatic rings. The molecular weight excluding hydrogens is 236 g/mol. The minimum absolute atomic E-state index is 0.490. The predicted molar refractivity (Wildman–Crippen MR) is 77.1 cm³/mol. The summed E-state index contributed by atoms with van der Waals surface area (Å²) in [6.07, 6.45) is 3.66. The maximum Gasteiger partial charge on any atom is 0.142 e. The van der Waals surface area contributed by atoms with Gasteiger partial charge in [-0.15, -0.1) is 0 Å². The van der Waals surface area contributed by atoms with Gasteiger partial charge in [-0.25, -0.2) is 0 Å². The fourth-order valence-electron chi connectivity index (χ4n) is 1.94. The summed E-state index contributed by atoms with van der Waals surface area (Å²) in [5.74, 6) is 0. The van der Waals surface area contributed by atoms with E-state index in [0.29, 0.717) is 6.61 Å². The van der Waals surface area contributed by atoms with Crippen LogP contribution in [-0.4, -0.2) is 11.2 Å². The highest BCUT2D eigenvalue weighted by atomic mass is 16.6. The second-order valence-corrected chi connectivity index (χ2v) is 4.32. The Labute approximate surface area is 111 Å². The number of hydrogen-bond acceptors (Lipinski definition) is 2. The molecule has 94 valence electrons. The molecule has 0 fully saturated rings. The lowest BCUT2D eigenvalue weighted by atomic mass is 10.2. The van der Waals surface area contributed by atoms with E-state index in [2.05, 4.69) is 16.2 Å². The van der Waals surface area contributed by atoms with Crippen LogP contribution in [0, 0.1) is 0 Å². The molecule has 2 aromatic carbocycles. The predicted octanol–water partition coefficient (Wildman–Crippen LogP) is 3.72. The van der Waals surface area contributed by atoms with Gasteiger partial charge in [-0.2, -0.15) is 0 Å². The third-order valence-electron chi connectivity index (χ3n) is 2.93. The Morgan fingerprint density at radius 1 is 1.05 bits per heavy atom. The van der Waals surface area contributed by atoms with Crippen LogP contribution >= 0.6 is 0 Å². The highest BCUT2D eigenvalue weighted by molar-refractivity contribution is 5.88. The molecule has 0 aliphatic rings. The molecule has 0 saturated carbocycles. The van der Waals surface area contributed by atoms with Crippen LogP contribution in [0.4, 0.5) is 0 Å². The SMILES string of the molecule is C(=NOCc1ccccc1)c1ccc2[nH]ccc2c1. The molecule has 0 atom stereocenters. The lowest BCUT2D eigenvalue weighted by Gasteiger charge is -1.99. The third kappa shape index (κ3) is 2.83. The molecule has 3 rings (SSSR count). The Kier molecular flexibility index (Phi) is 3.28. The first kappa shape index (κ1) is 11.5. The molecule has 0 aliphatic heterocycles. The fourth-order valence-corrected chi connectivity index (χ4v) is 1.94. The molecule has 0 bridgehead atoms. The van der Waals surface area contributed by atoms with Crippen molar-refractivity contribution >= 4 is 17.1 Å². The van der Waals surface area contributed by atoms with Crippen molar-refractivity contribution < 1.29 is 4.84 Å². The molecular formula is C16H14N2O. The highest BCUT2D eigenvalue weighted by Crippen LogP contribution is 2.13. The first-order valence-corrected chi connectivity index (χ1v) is 6.18. The summed E-state index contributed by atoms with van der Waals surface area (Å²) in [6, 6.07) is 18.1. The molecule has 0 saturated heterocycles. The molecule has 0 aliphatic carbocycles. The van der Waals surface area contributed by atoms with Gasteiger partial charge in [0.25, 0.3) is 0 Å². The quantitative estimate of drug-likeness (QED) is 0.556. The monoisotopic (exact) mass is 250 g/mol. The van der Waals surface area contributed by atoms with E-state index in [1.165, 1.54) is 5.39 Å². The van der Waals surface area contributed by atoms with Gasteiger partial charge in [0.05, 0.1) is 6.21 Å². The van der Waals surface area contributed by atoms with E-state index in [1.54, 1.807) is 6.21 Å². The summed E-state index contributed by atoms with van der Waals surface area (Å²) < 4.78 is 0. The van der Waals surface area contributed by atoms with Crippen molar-refractivity contribution in [3.8, 4) is 0 Å². The maximum absolute atomic E-state index is 5.28. The van der Waals surface area contributed by atoms with Gasteiger partial charge < -0.3 is 9.82 Å². The normalized spacial score (nSPS) is 11.2. The number of aromatic nitrogens is 1. The van der Waals surface area contributed by atoms with Crippen molar-refractivity contribution in [3.05, 3.63) is 71.9 Å². The van der Waals surface area contributed by atoms with Crippen LogP contribution in [0.3, 0.4) is 0 Å². The average Bonchev–Trinajstić information content (AvgIpc) is 2.92. The molecule has 1 N–H and O–H groups in total. The smallest absolute Gasteiger partial charge is 0.142 e. The van der Waals surface area contributed by atoms with E-state index < -0.39 is 0 Å². The fraction of sp³-hybridized carbons (Fsp3) is 0.0625. The molecule has 1 aromatic heterocycles. The van der Waals surface area contributed by atoms with Crippen molar-refractivity contribution in [1.29, 1.82) is 0 Å². The Balaban J connectivity index is 1.62. The van der Waals surface area contributed by atoms with Gasteiger partial charge >= 0.3 is 0 Å². The molecule has 19 heavy (non-hydrogen) atoms. The van der Waals surface area contributed by atoms with Gasteiger partial charge in [-0.3, -0.25) is 0 Å². The summed E-state index contributed by atoms with van der Waals surface area (Å²) in [5.41, 5.74) is 3.27. The van der Waals surface area contributed by atoms with Crippen LogP contribution in [0.25, 0.3) is 10.9 Å². The number of hydrogen-bond donors (Lipinski definition) is 1. The number of aromatic amines is 1. The summed E-state index contributed by atoms with van der Waals surface area (Å²) in [7, 11) is 0. The van der Waals surface area contributed by atoms with E-state index in [0.717, 1.165) is 16.6 Å². The number of rotatable bonds is 4. The standard InChI is InChI=1S/C16H14N2O/c1-2-4-13(5-3-1)12-19-18-11-14-6-7-16-15(10-14)8-9-17-16/h1-11,17H,12H2. The number of benzene rings is 2. The number of fused-ring (bicyclic) bond motifs is 1. The van der Waals surface area contributed by atoms with E-state index >= 15 is 0 Å². The molecule has 0 unspecified atom stereocenters. The maximum atomic E-state index is 5.28. The lowest BCUT2D eigenvalue weighted by Crippen LogP contribution is -1.87. The highest BCUT2D eigenvalue weighted by Gasteiger charge is 1.95. The van der Waals surface area contributed by atoms with Gasteiger partial charge in [0.1, 0.15) is 6.61 Å². The van der Waals surface area contributed by atoms with Crippen molar-refractivity contribution in [3.63, 3.8) is 0 Å². The van der Waals surface area contributed by atoms with Crippen molar-refractivity contribution in [2.24, 2.45) is 5.16 Å². The molecule has 0 radical (unpaired) electrons. The van der Waals surface area contributed by atoms with Crippen LogP contribution in [0.2, 0.25) is 0 Å². The van der Waals surface area contributed by atoms with Crippen LogP contribution in [0.5, 0.6) is 0 Å². The average molecular weight is 250 g/mol. The number of H-pyrrole nitrogens is 1. The van der Waals surface area contributed by atoms with Gasteiger partial charge in [-0.1, -0.05) is 41.6 Å². The summed E-state index contributed by atoms with van der Waals surface area (Å²) in [6.45, 7) is 0.490. The van der Waals surface area contributed by atoms with Crippen LogP contribution in [0.15, 0.2) is 65.9 Å². The number of nitrogens with zero attached hydrogens (tertiary/aromatic N) is 1. The summed E-state index contributed by atoms with van der Waals surface area (Å²) >= 11 is 0. The molecule has 1 heterocycles. The zero-order valence-corrected chi connectivity index (χ0v) is 10.4. The Morgan fingerprint density at radius 2 is 1.95 bits per heavy atom. The largest absolute Gasteiger partial charge is 0.391 e. The number of nitrogens with one attached hydrogen (secondary N) is 1. The van der Waals surface area contributed by atoms with E-state index in [9.17, 15) is 0 Å². The van der Waals surface area contributed by atoms with Crippen molar-refractivity contribution in [2.45, 2.75) is 6.61 Å². The van der Waals surface area contributed by atoms with Gasteiger partial charge in [0.2, 0.25) is 0 Å². The molecule has 0 spiro atoms. The van der Waals surface area contributed by atoms with Gasteiger partial charge in [0.15, 0.2) is 0 Å². The second kappa shape index (κ2) is 5.40. The summed E-state index contributed by atoms with van der Waals surface area (Å²) in [4.78, 5) is 8.44. The van der Waals surface area contributed by atoms with Crippen LogP contribution in [0.1, 0.15) is 11.1 Å². The first-order chi connectivity index (χ1) is 9.42. The van der Waals surface area contributed by atoms with Crippen molar-refractivity contribution in [2.75, 3.05) is 0 Å². The van der Waals surface area contributed by atoms with Crippen LogP contribution in [-0.2, 0) is 11.4 Å². The third-order valence-corrected chi connectivity index (χ3v) is 2.93. The lowest BCUT2D eigenvalue weighted by molar-refractivity contribution is 0.132. The second-order valence-electron chi connectivity index (χ2n) is 4.32. The first-order valence-electron chi connectivity index (χ1n) is 6.18. The van der Waals surface area contributed by atoms with Gasteiger partial charge in [0, 0.05) is 11.7 Å². The zero-order valence-electron chi connectivity index (χ0n) is 10.4. The Morgan fingerprint density at radius 3 is 2.84 bits per heavy atom. The minimum atomic E-state index is 0.490. The summed E-state index contributed by atoms with van der Waals surface area (Å²) in [5, 5.41) is 5.17. The number of oxime groups is 1.